The number of aromatic nitrogens is 3. The second-order valence-electron chi connectivity index (χ2n) is 6.51. The largest absolute Gasteiger partial charge is 0.444 e. The molecule has 6 heteroatoms. The minimum atomic E-state index is -0.519. The van der Waals surface area contributed by atoms with E-state index >= 15 is 0 Å². The molecule has 0 atom stereocenters. The summed E-state index contributed by atoms with van der Waals surface area (Å²) in [6.07, 6.45) is 3.51. The molecule has 0 aromatic carbocycles. The third kappa shape index (κ3) is 2.99. The van der Waals surface area contributed by atoms with E-state index < -0.39 is 11.7 Å². The number of amides is 1. The molecule has 0 radical (unpaired) electrons. The van der Waals surface area contributed by atoms with E-state index in [1.165, 1.54) is 12.8 Å². The summed E-state index contributed by atoms with van der Waals surface area (Å²) in [6.45, 7) is 5.50. The highest BCUT2D eigenvalue weighted by molar-refractivity contribution is 5.89. The standard InChI is InChI=1S/C15H20N4O2/c1-15(2,3)21-14(20)17-10-7-11-12(9-5-6-9)18-19(4)13(11)16-8-10/h7-9H,5-6H2,1-4H3,(H,17,20). The van der Waals surface area contributed by atoms with E-state index in [4.69, 9.17) is 4.74 Å². The average Bonchev–Trinajstić information content (AvgIpc) is 3.13. The van der Waals surface area contributed by atoms with E-state index in [9.17, 15) is 4.79 Å². The number of carbonyl (C=O) groups is 1. The molecule has 1 N–H and O–H groups in total. The first kappa shape index (κ1) is 13.9. The molecule has 1 saturated carbocycles. The number of aryl methyl sites for hydroxylation is 1. The van der Waals surface area contributed by atoms with Crippen molar-refractivity contribution in [3.8, 4) is 0 Å². The lowest BCUT2D eigenvalue weighted by Gasteiger charge is -2.19. The number of fused-ring (bicyclic) bond motifs is 1. The molecule has 0 aliphatic heterocycles. The Morgan fingerprint density at radius 1 is 1.43 bits per heavy atom. The summed E-state index contributed by atoms with van der Waals surface area (Å²) >= 11 is 0. The van der Waals surface area contributed by atoms with Crippen LogP contribution in [0.1, 0.15) is 45.2 Å². The second kappa shape index (κ2) is 4.72. The lowest BCUT2D eigenvalue weighted by molar-refractivity contribution is 0.0636. The Bertz CT molecular complexity index is 695. The molecule has 2 heterocycles. The van der Waals surface area contributed by atoms with Crippen LogP contribution in [-0.2, 0) is 11.8 Å². The summed E-state index contributed by atoms with van der Waals surface area (Å²) in [5.41, 5.74) is 2.03. The molecule has 3 rings (SSSR count). The van der Waals surface area contributed by atoms with E-state index in [0.29, 0.717) is 11.6 Å². The van der Waals surface area contributed by atoms with E-state index in [1.807, 2.05) is 33.9 Å². The van der Waals surface area contributed by atoms with Crippen LogP contribution < -0.4 is 5.32 Å². The van der Waals surface area contributed by atoms with E-state index in [1.54, 1.807) is 10.9 Å². The first-order valence-corrected chi connectivity index (χ1v) is 7.16. The van der Waals surface area contributed by atoms with Gasteiger partial charge in [-0.3, -0.25) is 10.00 Å². The monoisotopic (exact) mass is 288 g/mol. The molecule has 0 spiro atoms. The zero-order chi connectivity index (χ0) is 15.2. The molecule has 112 valence electrons. The third-order valence-corrected chi connectivity index (χ3v) is 3.32. The van der Waals surface area contributed by atoms with Gasteiger partial charge in [-0.2, -0.15) is 5.10 Å². The molecule has 1 aliphatic rings. The maximum Gasteiger partial charge on any atom is 0.412 e. The molecule has 21 heavy (non-hydrogen) atoms. The molecule has 6 nitrogen and oxygen atoms in total. The van der Waals surface area contributed by atoms with Gasteiger partial charge in [-0.25, -0.2) is 9.78 Å². The maximum atomic E-state index is 11.8. The van der Waals surface area contributed by atoms with E-state index in [0.717, 1.165) is 16.7 Å². The fourth-order valence-electron chi connectivity index (χ4n) is 2.31. The van der Waals surface area contributed by atoms with Gasteiger partial charge in [-0.05, 0) is 39.7 Å². The first-order valence-electron chi connectivity index (χ1n) is 7.16. The average molecular weight is 288 g/mol. The number of ether oxygens (including phenoxy) is 1. The Balaban J connectivity index is 1.87. The Kier molecular flexibility index (Phi) is 3.11. The van der Waals surface area contributed by atoms with Gasteiger partial charge >= 0.3 is 6.09 Å². The van der Waals surface area contributed by atoms with Gasteiger partial charge in [0.05, 0.1) is 17.6 Å². The van der Waals surface area contributed by atoms with Gasteiger partial charge in [0.2, 0.25) is 0 Å². The van der Waals surface area contributed by atoms with Crippen LogP contribution in [0, 0.1) is 0 Å². The van der Waals surface area contributed by atoms with Gasteiger partial charge in [0, 0.05) is 18.4 Å². The van der Waals surface area contributed by atoms with Crippen molar-refractivity contribution in [2.24, 2.45) is 7.05 Å². The lowest BCUT2D eigenvalue weighted by Crippen LogP contribution is -2.27. The van der Waals surface area contributed by atoms with Crippen molar-refractivity contribution in [1.82, 2.24) is 14.8 Å². The molecule has 1 fully saturated rings. The second-order valence-corrected chi connectivity index (χ2v) is 6.51. The molecule has 2 aromatic rings. The number of carbonyl (C=O) groups excluding carboxylic acids is 1. The molecular weight excluding hydrogens is 268 g/mol. The van der Waals surface area contributed by atoms with Crippen molar-refractivity contribution in [2.75, 3.05) is 5.32 Å². The molecule has 1 aliphatic carbocycles. The van der Waals surface area contributed by atoms with Crippen LogP contribution in [0.5, 0.6) is 0 Å². The van der Waals surface area contributed by atoms with Crippen molar-refractivity contribution < 1.29 is 9.53 Å². The van der Waals surface area contributed by atoms with Gasteiger partial charge in [0.15, 0.2) is 5.65 Å². The minimum Gasteiger partial charge on any atom is -0.444 e. The van der Waals surface area contributed by atoms with Crippen LogP contribution in [0.2, 0.25) is 0 Å². The summed E-state index contributed by atoms with van der Waals surface area (Å²) in [4.78, 5) is 16.2. The summed E-state index contributed by atoms with van der Waals surface area (Å²) in [6, 6.07) is 1.92. The highest BCUT2D eigenvalue weighted by atomic mass is 16.6. The minimum absolute atomic E-state index is 0.472. The highest BCUT2D eigenvalue weighted by Gasteiger charge is 2.29. The third-order valence-electron chi connectivity index (χ3n) is 3.32. The van der Waals surface area contributed by atoms with Gasteiger partial charge < -0.3 is 4.74 Å². The SMILES string of the molecule is Cn1nc(C2CC2)c2cc(NC(=O)OC(C)(C)C)cnc21. The van der Waals surface area contributed by atoms with Crippen molar-refractivity contribution in [3.63, 3.8) is 0 Å². The van der Waals surface area contributed by atoms with Crippen molar-refractivity contribution >= 4 is 22.8 Å². The highest BCUT2D eigenvalue weighted by Crippen LogP contribution is 2.42. The summed E-state index contributed by atoms with van der Waals surface area (Å²) < 4.78 is 7.04. The van der Waals surface area contributed by atoms with Crippen molar-refractivity contribution in [2.45, 2.75) is 45.1 Å². The number of hydrogen-bond donors (Lipinski definition) is 1. The van der Waals surface area contributed by atoms with Gasteiger partial charge in [0.1, 0.15) is 5.60 Å². The van der Waals surface area contributed by atoms with Crippen molar-refractivity contribution in [1.29, 1.82) is 0 Å². The number of nitrogens with zero attached hydrogens (tertiary/aromatic N) is 3. The fraction of sp³-hybridized carbons (Fsp3) is 0.533. The normalized spacial score (nSPS) is 15.2. The zero-order valence-electron chi connectivity index (χ0n) is 12.8. The Morgan fingerprint density at radius 3 is 2.76 bits per heavy atom. The molecule has 1 amide bonds. The number of anilines is 1. The number of rotatable bonds is 2. The summed E-state index contributed by atoms with van der Waals surface area (Å²) in [5, 5.41) is 8.28. The Labute approximate surface area is 123 Å². The smallest absolute Gasteiger partial charge is 0.412 e. The van der Waals surface area contributed by atoms with E-state index in [-0.39, 0.29) is 0 Å². The van der Waals surface area contributed by atoms with Crippen LogP contribution >= 0.6 is 0 Å². The maximum absolute atomic E-state index is 11.8. The van der Waals surface area contributed by atoms with Crippen LogP contribution in [-0.4, -0.2) is 26.5 Å². The quantitative estimate of drug-likeness (QED) is 0.921. The number of pyridine rings is 1. The zero-order valence-corrected chi connectivity index (χ0v) is 12.8. The first-order chi connectivity index (χ1) is 9.83. The fourth-order valence-corrected chi connectivity index (χ4v) is 2.31. The summed E-state index contributed by atoms with van der Waals surface area (Å²) in [5.74, 6) is 0.535. The molecule has 0 saturated heterocycles. The van der Waals surface area contributed by atoms with Crippen LogP contribution in [0.3, 0.4) is 0 Å². The molecule has 0 unspecified atom stereocenters. The van der Waals surface area contributed by atoms with Crippen LogP contribution in [0.4, 0.5) is 10.5 Å². The Morgan fingerprint density at radius 2 is 2.14 bits per heavy atom. The van der Waals surface area contributed by atoms with Crippen molar-refractivity contribution in [3.05, 3.63) is 18.0 Å². The summed E-state index contributed by atoms with van der Waals surface area (Å²) in [7, 11) is 1.89. The van der Waals surface area contributed by atoms with Gasteiger partial charge in [0.25, 0.3) is 0 Å². The lowest BCUT2D eigenvalue weighted by atomic mass is 10.2. The van der Waals surface area contributed by atoms with Gasteiger partial charge in [-0.15, -0.1) is 0 Å². The molecular formula is C15H20N4O2. The molecule has 2 aromatic heterocycles. The van der Waals surface area contributed by atoms with Crippen LogP contribution in [0.25, 0.3) is 11.0 Å². The number of nitrogens with one attached hydrogen (secondary N) is 1. The Hall–Kier alpha value is -2.11. The van der Waals surface area contributed by atoms with E-state index in [2.05, 4.69) is 15.4 Å². The van der Waals surface area contributed by atoms with Gasteiger partial charge in [-0.1, -0.05) is 0 Å². The topological polar surface area (TPSA) is 69.0 Å². The predicted molar refractivity (Wildman–Crippen MR) is 80.3 cm³/mol. The van der Waals surface area contributed by atoms with Crippen LogP contribution in [0.15, 0.2) is 12.3 Å². The molecule has 0 bridgehead atoms. The number of hydrogen-bond acceptors (Lipinski definition) is 4. The predicted octanol–water partition coefficient (Wildman–Crippen LogP) is 3.19.